The van der Waals surface area contributed by atoms with E-state index in [-0.39, 0.29) is 5.39 Å². The number of phenolic OH excluding ortho intramolecular Hbond substituents is 1. The van der Waals surface area contributed by atoms with Crippen LogP contribution in [0.1, 0.15) is 0 Å². The predicted octanol–water partition coefficient (Wildman–Crippen LogP) is 0.480. The number of hydrogen-bond acceptors (Lipinski definition) is 7. The molecular weight excluding hydrogens is 393 g/mol. The third-order valence-corrected chi connectivity index (χ3v) is 5.48. The van der Waals surface area contributed by atoms with E-state index in [4.69, 9.17) is 9.47 Å². The minimum atomic E-state index is -4.25. The van der Waals surface area contributed by atoms with Gasteiger partial charge in [-0.3, -0.25) is 4.79 Å². The number of anilines is 1. The third kappa shape index (κ3) is 4.11. The first-order valence-corrected chi connectivity index (χ1v) is 9.88. The highest BCUT2D eigenvalue weighted by Gasteiger charge is 2.37. The van der Waals surface area contributed by atoms with E-state index in [9.17, 15) is 18.3 Å². The number of nitrogens with one attached hydrogen (secondary N) is 2. The van der Waals surface area contributed by atoms with Crippen LogP contribution in [0.25, 0.3) is 10.8 Å². The van der Waals surface area contributed by atoms with Crippen molar-refractivity contribution in [2.24, 2.45) is 0 Å². The molecule has 0 aromatic heterocycles. The standard InChI is InChI=1S/C17H20FN3O6S/c1-26-6-4-19-5-7-27-12-3-2-11-8-14(22)17(16(18)13(11)9-12)21-10-15(23)20-28(21,24)25/h2-3,8-9,19,22H,4-7,10H2,1H3,(H,20,23). The number of phenols is 1. The summed E-state index contributed by atoms with van der Waals surface area (Å²) in [5, 5.41) is 13.7. The number of rotatable bonds is 8. The maximum absolute atomic E-state index is 15.1. The van der Waals surface area contributed by atoms with Crippen LogP contribution in [-0.2, 0) is 19.7 Å². The smallest absolute Gasteiger partial charge is 0.326 e. The van der Waals surface area contributed by atoms with Gasteiger partial charge in [-0.05, 0) is 23.6 Å². The van der Waals surface area contributed by atoms with Crippen LogP contribution in [0.4, 0.5) is 10.1 Å². The molecule has 1 saturated heterocycles. The molecular formula is C17H20FN3O6S. The van der Waals surface area contributed by atoms with Gasteiger partial charge in [0.15, 0.2) is 5.82 Å². The molecule has 2 aromatic carbocycles. The fraction of sp³-hybridized carbons (Fsp3) is 0.353. The maximum atomic E-state index is 15.1. The molecule has 28 heavy (non-hydrogen) atoms. The van der Waals surface area contributed by atoms with Gasteiger partial charge in [0.1, 0.15) is 30.3 Å². The van der Waals surface area contributed by atoms with E-state index in [2.05, 4.69) is 5.32 Å². The number of carbonyl (C=O) groups is 1. The van der Waals surface area contributed by atoms with Crippen molar-refractivity contribution in [1.29, 1.82) is 0 Å². The van der Waals surface area contributed by atoms with Crippen molar-refractivity contribution in [1.82, 2.24) is 10.0 Å². The lowest BCUT2D eigenvalue weighted by molar-refractivity contribution is -0.117. The highest BCUT2D eigenvalue weighted by molar-refractivity contribution is 7.92. The molecule has 0 bridgehead atoms. The van der Waals surface area contributed by atoms with Crippen molar-refractivity contribution in [2.75, 3.05) is 44.3 Å². The highest BCUT2D eigenvalue weighted by atomic mass is 32.2. The summed E-state index contributed by atoms with van der Waals surface area (Å²) in [6, 6.07) is 5.83. The molecule has 0 saturated carbocycles. The van der Waals surface area contributed by atoms with Crippen molar-refractivity contribution >= 4 is 32.6 Å². The molecule has 3 rings (SSSR count). The number of benzene rings is 2. The van der Waals surface area contributed by atoms with Crippen LogP contribution < -0.4 is 19.1 Å². The van der Waals surface area contributed by atoms with Gasteiger partial charge in [0, 0.05) is 25.6 Å². The summed E-state index contributed by atoms with van der Waals surface area (Å²) in [7, 11) is -2.65. The number of halogens is 1. The number of ether oxygens (including phenoxy) is 2. The zero-order chi connectivity index (χ0) is 20.3. The van der Waals surface area contributed by atoms with E-state index >= 15 is 4.39 Å². The van der Waals surface area contributed by atoms with E-state index in [0.29, 0.717) is 41.7 Å². The van der Waals surface area contributed by atoms with E-state index in [0.717, 1.165) is 0 Å². The number of nitrogens with zero attached hydrogens (tertiary/aromatic N) is 1. The van der Waals surface area contributed by atoms with Crippen LogP contribution >= 0.6 is 0 Å². The van der Waals surface area contributed by atoms with E-state index in [1.165, 1.54) is 12.1 Å². The van der Waals surface area contributed by atoms with Crippen molar-refractivity contribution in [3.63, 3.8) is 0 Å². The summed E-state index contributed by atoms with van der Waals surface area (Å²) in [6.45, 7) is 1.53. The summed E-state index contributed by atoms with van der Waals surface area (Å²) < 4.78 is 51.8. The van der Waals surface area contributed by atoms with Crippen LogP contribution in [0, 0.1) is 5.82 Å². The van der Waals surface area contributed by atoms with Crippen LogP contribution in [-0.4, -0.2) is 59.4 Å². The molecule has 0 radical (unpaired) electrons. The summed E-state index contributed by atoms with van der Waals surface area (Å²) in [5.74, 6) is -1.97. The van der Waals surface area contributed by atoms with Crippen molar-refractivity contribution in [3.05, 3.63) is 30.1 Å². The minimum absolute atomic E-state index is 0.0622. The molecule has 0 spiro atoms. The molecule has 1 fully saturated rings. The van der Waals surface area contributed by atoms with Crippen LogP contribution in [0.15, 0.2) is 24.3 Å². The fourth-order valence-corrected chi connectivity index (χ4v) is 3.98. The highest BCUT2D eigenvalue weighted by Crippen LogP contribution is 2.39. The number of aromatic hydroxyl groups is 1. The van der Waals surface area contributed by atoms with Gasteiger partial charge < -0.3 is 19.9 Å². The number of fused-ring (bicyclic) bond motifs is 1. The van der Waals surface area contributed by atoms with Gasteiger partial charge in [-0.1, -0.05) is 6.07 Å². The molecule has 3 N–H and O–H groups in total. The normalized spacial score (nSPS) is 15.8. The Morgan fingerprint density at radius 3 is 2.71 bits per heavy atom. The van der Waals surface area contributed by atoms with Gasteiger partial charge in [0.05, 0.1) is 6.61 Å². The van der Waals surface area contributed by atoms with Gasteiger partial charge in [-0.2, -0.15) is 8.42 Å². The van der Waals surface area contributed by atoms with Crippen LogP contribution in [0.5, 0.6) is 11.5 Å². The van der Waals surface area contributed by atoms with Gasteiger partial charge in [0.25, 0.3) is 5.91 Å². The fourth-order valence-electron chi connectivity index (χ4n) is 2.82. The Morgan fingerprint density at radius 1 is 1.29 bits per heavy atom. The molecule has 0 aliphatic carbocycles. The molecule has 9 nitrogen and oxygen atoms in total. The van der Waals surface area contributed by atoms with E-state index < -0.39 is 39.9 Å². The number of carbonyl (C=O) groups excluding carboxylic acids is 1. The first-order chi connectivity index (χ1) is 13.3. The molecule has 2 aromatic rings. The van der Waals surface area contributed by atoms with Crippen LogP contribution in [0.2, 0.25) is 0 Å². The molecule has 1 aliphatic heterocycles. The Morgan fingerprint density at radius 2 is 2.04 bits per heavy atom. The Bertz CT molecular complexity index is 998. The lowest BCUT2D eigenvalue weighted by Gasteiger charge is -2.18. The molecule has 11 heteroatoms. The summed E-state index contributed by atoms with van der Waals surface area (Å²) in [5.41, 5.74) is -0.579. The predicted molar refractivity (Wildman–Crippen MR) is 100 cm³/mol. The third-order valence-electron chi connectivity index (χ3n) is 4.10. The molecule has 1 heterocycles. The number of methoxy groups -OCH3 is 1. The first kappa shape index (κ1) is 20.1. The Hall–Kier alpha value is -2.63. The quantitative estimate of drug-likeness (QED) is 0.539. The lowest BCUT2D eigenvalue weighted by Crippen LogP contribution is -2.30. The molecule has 152 valence electrons. The zero-order valence-corrected chi connectivity index (χ0v) is 15.9. The number of hydrogen-bond donors (Lipinski definition) is 3. The first-order valence-electron chi connectivity index (χ1n) is 8.44. The lowest BCUT2D eigenvalue weighted by atomic mass is 10.1. The Kier molecular flexibility index (Phi) is 5.87. The molecule has 1 amide bonds. The molecule has 0 unspecified atom stereocenters. The molecule has 0 atom stereocenters. The second-order valence-electron chi connectivity index (χ2n) is 6.07. The monoisotopic (exact) mass is 413 g/mol. The number of amides is 1. The zero-order valence-electron chi connectivity index (χ0n) is 15.1. The van der Waals surface area contributed by atoms with E-state index in [1.54, 1.807) is 24.0 Å². The Balaban J connectivity index is 1.86. The summed E-state index contributed by atoms with van der Waals surface area (Å²) in [4.78, 5) is 11.4. The van der Waals surface area contributed by atoms with Gasteiger partial charge >= 0.3 is 10.2 Å². The summed E-state index contributed by atoms with van der Waals surface area (Å²) >= 11 is 0. The van der Waals surface area contributed by atoms with E-state index in [1.807, 2.05) is 0 Å². The van der Waals surface area contributed by atoms with Crippen molar-refractivity contribution < 1.29 is 32.2 Å². The Labute approximate surface area is 161 Å². The van der Waals surface area contributed by atoms with Crippen LogP contribution in [0.3, 0.4) is 0 Å². The second kappa shape index (κ2) is 8.17. The largest absolute Gasteiger partial charge is 0.506 e. The average molecular weight is 413 g/mol. The van der Waals surface area contributed by atoms with Crippen molar-refractivity contribution in [3.8, 4) is 11.5 Å². The minimum Gasteiger partial charge on any atom is -0.506 e. The second-order valence-corrected chi connectivity index (χ2v) is 7.66. The van der Waals surface area contributed by atoms with Gasteiger partial charge in [-0.25, -0.2) is 13.4 Å². The maximum Gasteiger partial charge on any atom is 0.326 e. The van der Waals surface area contributed by atoms with Gasteiger partial charge in [-0.15, -0.1) is 0 Å². The van der Waals surface area contributed by atoms with Gasteiger partial charge in [0.2, 0.25) is 0 Å². The topological polar surface area (TPSA) is 117 Å². The average Bonchev–Trinajstić information content (AvgIpc) is 2.90. The summed E-state index contributed by atoms with van der Waals surface area (Å²) in [6.07, 6.45) is 0. The molecule has 1 aliphatic rings. The van der Waals surface area contributed by atoms with Crippen molar-refractivity contribution in [2.45, 2.75) is 0 Å². The SMILES string of the molecule is COCCNCCOc1ccc2cc(O)c(N3CC(=O)NS3(=O)=O)c(F)c2c1.